The van der Waals surface area contributed by atoms with Crippen molar-refractivity contribution >= 4 is 11.6 Å². The van der Waals surface area contributed by atoms with Gasteiger partial charge in [-0.2, -0.15) is 0 Å². The minimum absolute atomic E-state index is 0.458. The van der Waals surface area contributed by atoms with E-state index in [2.05, 4.69) is 9.97 Å². The van der Waals surface area contributed by atoms with Crippen molar-refractivity contribution in [3.8, 4) is 0 Å². The Morgan fingerprint density at radius 1 is 1.44 bits per heavy atom. The molecule has 1 radical (unpaired) electrons. The van der Waals surface area contributed by atoms with Gasteiger partial charge in [0, 0.05) is 18.8 Å². The predicted molar refractivity (Wildman–Crippen MR) is 36.1 cm³/mol. The molecule has 0 atom stereocenters. The van der Waals surface area contributed by atoms with Gasteiger partial charge in [0.1, 0.15) is 0 Å². The first-order valence-corrected chi connectivity index (χ1v) is 2.98. The van der Waals surface area contributed by atoms with Gasteiger partial charge < -0.3 is 0 Å². The molecule has 47 valence electrons. The van der Waals surface area contributed by atoms with E-state index < -0.39 is 0 Å². The van der Waals surface area contributed by atoms with Crippen molar-refractivity contribution < 1.29 is 0 Å². The standard InChI is InChI=1S/C6H6ClN2/c1-2-5-6(7)9-4-3-8-5/h2-4H,1H3. The third-order valence-electron chi connectivity index (χ3n) is 0.953. The predicted octanol–water partition coefficient (Wildman–Crippen LogP) is 1.70. The van der Waals surface area contributed by atoms with Gasteiger partial charge in [-0.25, -0.2) is 4.98 Å². The lowest BCUT2D eigenvalue weighted by Gasteiger charge is -1.93. The highest BCUT2D eigenvalue weighted by Crippen LogP contribution is 2.08. The van der Waals surface area contributed by atoms with Gasteiger partial charge in [-0.1, -0.05) is 18.5 Å². The molecule has 2 nitrogen and oxygen atoms in total. The van der Waals surface area contributed by atoms with E-state index >= 15 is 0 Å². The molecule has 0 aliphatic heterocycles. The maximum Gasteiger partial charge on any atom is 0.150 e. The van der Waals surface area contributed by atoms with E-state index in [0.29, 0.717) is 5.15 Å². The van der Waals surface area contributed by atoms with Gasteiger partial charge >= 0.3 is 0 Å². The van der Waals surface area contributed by atoms with E-state index in [1.165, 1.54) is 0 Å². The molecule has 0 amide bonds. The largest absolute Gasteiger partial charge is 0.256 e. The van der Waals surface area contributed by atoms with Gasteiger partial charge in [-0.15, -0.1) is 0 Å². The summed E-state index contributed by atoms with van der Waals surface area (Å²) in [5, 5.41) is 0.458. The first kappa shape index (κ1) is 6.49. The maximum atomic E-state index is 5.62. The molecule has 0 fully saturated rings. The summed E-state index contributed by atoms with van der Waals surface area (Å²) in [5.41, 5.74) is 0.735. The number of hydrogen-bond acceptors (Lipinski definition) is 2. The summed E-state index contributed by atoms with van der Waals surface area (Å²) in [5.74, 6) is 0. The number of rotatable bonds is 1. The smallest absolute Gasteiger partial charge is 0.150 e. The molecule has 1 heterocycles. The Bertz CT molecular complexity index is 200. The van der Waals surface area contributed by atoms with Crippen LogP contribution in [0.4, 0.5) is 0 Å². The molecule has 9 heavy (non-hydrogen) atoms. The average Bonchev–Trinajstić information content (AvgIpc) is 1.89. The van der Waals surface area contributed by atoms with Crippen molar-refractivity contribution in [3.05, 3.63) is 29.7 Å². The van der Waals surface area contributed by atoms with E-state index in [-0.39, 0.29) is 0 Å². The van der Waals surface area contributed by atoms with Crippen LogP contribution in [0.3, 0.4) is 0 Å². The molecule has 0 saturated carbocycles. The number of halogens is 1. The summed E-state index contributed by atoms with van der Waals surface area (Å²) in [6.07, 6.45) is 4.99. The van der Waals surface area contributed by atoms with Crippen LogP contribution in [0.25, 0.3) is 0 Å². The van der Waals surface area contributed by atoms with Crippen LogP contribution in [0, 0.1) is 6.42 Å². The molecule has 0 spiro atoms. The van der Waals surface area contributed by atoms with E-state index in [0.717, 1.165) is 5.69 Å². The van der Waals surface area contributed by atoms with E-state index in [1.54, 1.807) is 12.4 Å². The normalized spacial score (nSPS) is 9.56. The van der Waals surface area contributed by atoms with E-state index in [9.17, 15) is 0 Å². The Kier molecular flexibility index (Phi) is 2.01. The number of nitrogens with zero attached hydrogens (tertiary/aromatic N) is 2. The molecule has 0 bridgehead atoms. The van der Waals surface area contributed by atoms with Crippen molar-refractivity contribution in [2.45, 2.75) is 6.92 Å². The van der Waals surface area contributed by atoms with Crippen molar-refractivity contribution in [1.29, 1.82) is 0 Å². The van der Waals surface area contributed by atoms with E-state index in [1.807, 2.05) is 13.3 Å². The lowest BCUT2D eigenvalue weighted by molar-refractivity contribution is 1.12. The van der Waals surface area contributed by atoms with Crippen LogP contribution in [0.1, 0.15) is 12.6 Å². The minimum atomic E-state index is 0.458. The molecule has 3 heteroatoms. The number of aromatic nitrogens is 2. The highest BCUT2D eigenvalue weighted by Gasteiger charge is 1.95. The Morgan fingerprint density at radius 2 is 2.11 bits per heavy atom. The van der Waals surface area contributed by atoms with Crippen LogP contribution < -0.4 is 0 Å². The zero-order chi connectivity index (χ0) is 6.69. The zero-order valence-electron chi connectivity index (χ0n) is 5.00. The van der Waals surface area contributed by atoms with Crippen LogP contribution >= 0.6 is 11.6 Å². The topological polar surface area (TPSA) is 25.8 Å². The summed E-state index contributed by atoms with van der Waals surface area (Å²) in [7, 11) is 0. The second kappa shape index (κ2) is 2.78. The third kappa shape index (κ3) is 1.39. The summed E-state index contributed by atoms with van der Waals surface area (Å²) in [4.78, 5) is 7.77. The highest BCUT2D eigenvalue weighted by molar-refractivity contribution is 6.30. The SMILES string of the molecule is C[CH]c1nccnc1Cl. The molecule has 0 aromatic carbocycles. The number of hydrogen-bond donors (Lipinski definition) is 0. The lowest BCUT2D eigenvalue weighted by atomic mass is 10.4. The molecule has 0 unspecified atom stereocenters. The molecule has 0 saturated heterocycles. The second-order valence-electron chi connectivity index (χ2n) is 1.52. The van der Waals surface area contributed by atoms with Gasteiger partial charge in [0.15, 0.2) is 5.15 Å². The fraction of sp³-hybridized carbons (Fsp3) is 0.167. The molecule has 1 aromatic heterocycles. The van der Waals surface area contributed by atoms with Crippen LogP contribution in [0.15, 0.2) is 12.4 Å². The van der Waals surface area contributed by atoms with Crippen LogP contribution in [-0.2, 0) is 0 Å². The van der Waals surface area contributed by atoms with Crippen LogP contribution in [0.5, 0.6) is 0 Å². The first-order chi connectivity index (χ1) is 4.34. The van der Waals surface area contributed by atoms with Gasteiger partial charge in [0.05, 0.1) is 5.69 Å². The zero-order valence-corrected chi connectivity index (χ0v) is 5.76. The first-order valence-electron chi connectivity index (χ1n) is 2.60. The molecule has 0 aliphatic carbocycles. The Morgan fingerprint density at radius 3 is 2.56 bits per heavy atom. The van der Waals surface area contributed by atoms with Crippen molar-refractivity contribution in [2.24, 2.45) is 0 Å². The quantitative estimate of drug-likeness (QED) is 0.595. The van der Waals surface area contributed by atoms with Crippen molar-refractivity contribution in [3.63, 3.8) is 0 Å². The molecule has 0 N–H and O–H groups in total. The molecule has 1 rings (SSSR count). The van der Waals surface area contributed by atoms with Gasteiger partial charge in [-0.05, 0) is 0 Å². The molecule has 1 aromatic rings. The second-order valence-corrected chi connectivity index (χ2v) is 1.88. The Labute approximate surface area is 58.9 Å². The minimum Gasteiger partial charge on any atom is -0.256 e. The lowest BCUT2D eigenvalue weighted by Crippen LogP contribution is -1.86. The average molecular weight is 142 g/mol. The fourth-order valence-electron chi connectivity index (χ4n) is 0.525. The van der Waals surface area contributed by atoms with Crippen LogP contribution in [-0.4, -0.2) is 9.97 Å². The Balaban J connectivity index is 3.01. The monoisotopic (exact) mass is 141 g/mol. The Hall–Kier alpha value is -0.630. The fourth-order valence-corrected chi connectivity index (χ4v) is 0.740. The summed E-state index contributed by atoms with van der Waals surface area (Å²) in [6, 6.07) is 0. The van der Waals surface area contributed by atoms with Crippen molar-refractivity contribution in [2.75, 3.05) is 0 Å². The third-order valence-corrected chi connectivity index (χ3v) is 1.24. The molecular formula is C6H6ClN2. The summed E-state index contributed by atoms with van der Waals surface area (Å²) < 4.78 is 0. The molecule has 0 aliphatic rings. The highest BCUT2D eigenvalue weighted by atomic mass is 35.5. The maximum absolute atomic E-state index is 5.62. The summed E-state index contributed by atoms with van der Waals surface area (Å²) in [6.45, 7) is 1.87. The van der Waals surface area contributed by atoms with Gasteiger partial charge in [-0.3, -0.25) is 4.98 Å². The van der Waals surface area contributed by atoms with Gasteiger partial charge in [0.2, 0.25) is 0 Å². The van der Waals surface area contributed by atoms with E-state index in [4.69, 9.17) is 11.6 Å². The van der Waals surface area contributed by atoms with Crippen LogP contribution in [0.2, 0.25) is 5.15 Å². The molecular weight excluding hydrogens is 136 g/mol. The van der Waals surface area contributed by atoms with Crippen molar-refractivity contribution in [1.82, 2.24) is 9.97 Å². The summed E-state index contributed by atoms with van der Waals surface area (Å²) >= 11 is 5.62. The van der Waals surface area contributed by atoms with Gasteiger partial charge in [0.25, 0.3) is 0 Å².